The number of benzene rings is 9. The maximum Gasteiger partial charge on any atom is 0.0640 e. The molecule has 1 heterocycles. The maximum absolute atomic E-state index is 2.48. The molecule has 10 rings (SSSR count). The molecule has 254 valence electrons. The molecule has 10 aromatic rings. The Hall–Kier alpha value is -6.74. The fourth-order valence-corrected chi connectivity index (χ4v) is 9.03. The standard InChI is InChI=1S/C52H35NS/c1-3-13-36(14-4-1)37-25-27-38(28-26-37)39-29-32-43(33-30-39)53(49-23-12-22-48-47-20-9-10-24-51(47)54-52(48)49)50-35-42(31-34-46(50)41-15-5-2-6-16-41)45-21-11-18-40-17-7-8-19-44(40)45/h1-35H. The van der Waals surface area contributed by atoms with E-state index < -0.39 is 0 Å². The summed E-state index contributed by atoms with van der Waals surface area (Å²) in [6.45, 7) is 0. The molecular weight excluding hydrogens is 671 g/mol. The van der Waals surface area contributed by atoms with Crippen LogP contribution in [-0.2, 0) is 0 Å². The van der Waals surface area contributed by atoms with Gasteiger partial charge in [-0.1, -0.05) is 182 Å². The summed E-state index contributed by atoms with van der Waals surface area (Å²) in [6.07, 6.45) is 0. The highest BCUT2D eigenvalue weighted by Gasteiger charge is 2.22. The van der Waals surface area contributed by atoms with Gasteiger partial charge >= 0.3 is 0 Å². The second kappa shape index (κ2) is 13.7. The Morgan fingerprint density at radius 3 is 1.59 bits per heavy atom. The van der Waals surface area contributed by atoms with E-state index in [2.05, 4.69) is 217 Å². The zero-order valence-corrected chi connectivity index (χ0v) is 30.4. The molecule has 0 atom stereocenters. The number of hydrogen-bond donors (Lipinski definition) is 0. The van der Waals surface area contributed by atoms with Crippen molar-refractivity contribution in [1.29, 1.82) is 0 Å². The Balaban J connectivity index is 1.18. The summed E-state index contributed by atoms with van der Waals surface area (Å²) in [6, 6.07) is 77.2. The van der Waals surface area contributed by atoms with E-state index >= 15 is 0 Å². The van der Waals surface area contributed by atoms with E-state index in [1.165, 1.54) is 81.1 Å². The lowest BCUT2D eigenvalue weighted by Crippen LogP contribution is -2.11. The number of fused-ring (bicyclic) bond motifs is 4. The summed E-state index contributed by atoms with van der Waals surface area (Å²) in [7, 11) is 0. The molecule has 1 nitrogen and oxygen atoms in total. The zero-order chi connectivity index (χ0) is 35.8. The van der Waals surface area contributed by atoms with Crippen LogP contribution in [0.5, 0.6) is 0 Å². The van der Waals surface area contributed by atoms with Crippen LogP contribution in [0.2, 0.25) is 0 Å². The van der Waals surface area contributed by atoms with Gasteiger partial charge in [-0.3, -0.25) is 0 Å². The van der Waals surface area contributed by atoms with Crippen molar-refractivity contribution in [3.05, 3.63) is 212 Å². The molecule has 0 N–H and O–H groups in total. The number of nitrogens with zero attached hydrogens (tertiary/aromatic N) is 1. The van der Waals surface area contributed by atoms with Crippen LogP contribution in [0.4, 0.5) is 17.1 Å². The van der Waals surface area contributed by atoms with Crippen LogP contribution in [0.1, 0.15) is 0 Å². The Bertz CT molecular complexity index is 2900. The van der Waals surface area contributed by atoms with Gasteiger partial charge in [0.25, 0.3) is 0 Å². The minimum absolute atomic E-state index is 1.11. The van der Waals surface area contributed by atoms with Crippen LogP contribution in [0.3, 0.4) is 0 Å². The third kappa shape index (κ3) is 5.74. The third-order valence-electron chi connectivity index (χ3n) is 10.5. The zero-order valence-electron chi connectivity index (χ0n) is 29.6. The molecule has 0 fully saturated rings. The Morgan fingerprint density at radius 2 is 0.852 bits per heavy atom. The predicted molar refractivity (Wildman–Crippen MR) is 233 cm³/mol. The topological polar surface area (TPSA) is 3.24 Å². The van der Waals surface area contributed by atoms with Crippen molar-refractivity contribution in [2.24, 2.45) is 0 Å². The lowest BCUT2D eigenvalue weighted by molar-refractivity contribution is 1.30. The van der Waals surface area contributed by atoms with Gasteiger partial charge in [-0.05, 0) is 80.0 Å². The van der Waals surface area contributed by atoms with Crippen molar-refractivity contribution >= 4 is 59.3 Å². The van der Waals surface area contributed by atoms with Gasteiger partial charge in [0.1, 0.15) is 0 Å². The molecule has 54 heavy (non-hydrogen) atoms. The summed E-state index contributed by atoms with van der Waals surface area (Å²) in [5.74, 6) is 0. The highest BCUT2D eigenvalue weighted by Crippen LogP contribution is 2.48. The van der Waals surface area contributed by atoms with Gasteiger partial charge in [0, 0.05) is 26.7 Å². The van der Waals surface area contributed by atoms with E-state index in [1.54, 1.807) is 0 Å². The summed E-state index contributed by atoms with van der Waals surface area (Å²) < 4.78 is 2.57. The van der Waals surface area contributed by atoms with Gasteiger partial charge in [0.05, 0.1) is 16.1 Å². The minimum atomic E-state index is 1.11. The molecular formula is C52H35NS. The Kier molecular flexibility index (Phi) is 8.09. The van der Waals surface area contributed by atoms with E-state index in [-0.39, 0.29) is 0 Å². The van der Waals surface area contributed by atoms with Gasteiger partial charge in [-0.2, -0.15) is 0 Å². The summed E-state index contributed by atoms with van der Waals surface area (Å²) >= 11 is 1.87. The molecule has 0 amide bonds. The smallest absolute Gasteiger partial charge is 0.0640 e. The van der Waals surface area contributed by atoms with E-state index in [4.69, 9.17) is 0 Å². The van der Waals surface area contributed by atoms with Crippen LogP contribution < -0.4 is 4.90 Å². The number of hydrogen-bond acceptors (Lipinski definition) is 2. The molecule has 0 bridgehead atoms. The third-order valence-corrected chi connectivity index (χ3v) is 11.7. The van der Waals surface area contributed by atoms with Crippen molar-refractivity contribution in [3.63, 3.8) is 0 Å². The van der Waals surface area contributed by atoms with Gasteiger partial charge in [0.2, 0.25) is 0 Å². The van der Waals surface area contributed by atoms with Crippen molar-refractivity contribution in [2.45, 2.75) is 0 Å². The lowest BCUT2D eigenvalue weighted by Gasteiger charge is -2.29. The summed E-state index contributed by atoms with van der Waals surface area (Å²) in [5, 5.41) is 5.06. The molecule has 9 aromatic carbocycles. The largest absolute Gasteiger partial charge is 0.308 e. The average molecular weight is 706 g/mol. The first-order valence-corrected chi connectivity index (χ1v) is 19.2. The van der Waals surface area contributed by atoms with E-state index in [9.17, 15) is 0 Å². The van der Waals surface area contributed by atoms with Gasteiger partial charge in [-0.25, -0.2) is 0 Å². The van der Waals surface area contributed by atoms with Crippen LogP contribution in [0.25, 0.3) is 75.5 Å². The van der Waals surface area contributed by atoms with Crippen molar-refractivity contribution in [2.75, 3.05) is 4.90 Å². The normalized spacial score (nSPS) is 11.3. The lowest BCUT2D eigenvalue weighted by atomic mass is 9.94. The number of thiophene rings is 1. The van der Waals surface area contributed by atoms with Crippen LogP contribution in [0.15, 0.2) is 212 Å². The molecule has 1 aromatic heterocycles. The SMILES string of the molecule is c1ccc(-c2ccc(-c3ccc(N(c4cc(-c5cccc6ccccc56)ccc4-c4ccccc4)c4cccc5c4sc4ccccc45)cc3)cc2)cc1. The Morgan fingerprint density at radius 1 is 0.315 bits per heavy atom. The molecule has 0 saturated heterocycles. The molecule has 0 aliphatic rings. The van der Waals surface area contributed by atoms with Crippen molar-refractivity contribution in [1.82, 2.24) is 0 Å². The average Bonchev–Trinajstić information content (AvgIpc) is 3.64. The molecule has 0 aliphatic carbocycles. The quantitative estimate of drug-likeness (QED) is 0.160. The van der Waals surface area contributed by atoms with Gasteiger partial charge in [0.15, 0.2) is 0 Å². The van der Waals surface area contributed by atoms with Crippen molar-refractivity contribution in [3.8, 4) is 44.5 Å². The first kappa shape index (κ1) is 32.0. The predicted octanol–water partition coefficient (Wildman–Crippen LogP) is 15.3. The fourth-order valence-electron chi connectivity index (χ4n) is 7.83. The molecule has 0 saturated carbocycles. The van der Waals surface area contributed by atoms with E-state index in [1.807, 2.05) is 11.3 Å². The highest BCUT2D eigenvalue weighted by atomic mass is 32.1. The maximum atomic E-state index is 2.48. The molecule has 0 radical (unpaired) electrons. The number of anilines is 3. The highest BCUT2D eigenvalue weighted by molar-refractivity contribution is 7.26. The minimum Gasteiger partial charge on any atom is -0.308 e. The molecule has 0 spiro atoms. The van der Waals surface area contributed by atoms with E-state index in [0.717, 1.165) is 11.4 Å². The van der Waals surface area contributed by atoms with Gasteiger partial charge < -0.3 is 4.90 Å². The summed E-state index contributed by atoms with van der Waals surface area (Å²) in [4.78, 5) is 2.48. The Labute approximate surface area is 319 Å². The molecule has 0 unspecified atom stereocenters. The first-order chi connectivity index (χ1) is 26.8. The van der Waals surface area contributed by atoms with Crippen LogP contribution in [-0.4, -0.2) is 0 Å². The van der Waals surface area contributed by atoms with E-state index in [0.29, 0.717) is 0 Å². The second-order valence-corrected chi connectivity index (χ2v) is 14.8. The fraction of sp³-hybridized carbons (Fsp3) is 0. The van der Waals surface area contributed by atoms with Crippen LogP contribution in [0, 0.1) is 0 Å². The molecule has 2 heteroatoms. The second-order valence-electron chi connectivity index (χ2n) is 13.7. The molecule has 0 aliphatic heterocycles. The first-order valence-electron chi connectivity index (χ1n) is 18.4. The number of rotatable bonds is 7. The monoisotopic (exact) mass is 705 g/mol. The van der Waals surface area contributed by atoms with Crippen LogP contribution >= 0.6 is 11.3 Å². The van der Waals surface area contributed by atoms with Crippen molar-refractivity contribution < 1.29 is 0 Å². The van der Waals surface area contributed by atoms with Gasteiger partial charge in [-0.15, -0.1) is 11.3 Å². The summed E-state index contributed by atoms with van der Waals surface area (Å²) in [5.41, 5.74) is 13.0.